The number of nitrogens with one attached hydrogen (secondary N) is 1. The molecule has 5 rings (SSSR count). The summed E-state index contributed by atoms with van der Waals surface area (Å²) in [5.74, 6) is 2.05. The molecule has 1 unspecified atom stereocenters. The van der Waals surface area contributed by atoms with Gasteiger partial charge in [0.05, 0.1) is 43.7 Å². The van der Waals surface area contributed by atoms with E-state index < -0.39 is 0 Å². The molecule has 3 aromatic carbocycles. The summed E-state index contributed by atoms with van der Waals surface area (Å²) >= 11 is 7.73. The number of nitrogens with zero attached hydrogens (tertiary/aromatic N) is 3. The van der Waals surface area contributed by atoms with Gasteiger partial charge in [0.2, 0.25) is 11.8 Å². The number of benzene rings is 3. The number of ether oxygens (including phenoxy) is 3. The predicted octanol–water partition coefficient (Wildman–Crippen LogP) is 5.91. The summed E-state index contributed by atoms with van der Waals surface area (Å²) in [6.07, 6.45) is 0. The van der Waals surface area contributed by atoms with Crippen LogP contribution in [0.3, 0.4) is 0 Å². The fourth-order valence-corrected chi connectivity index (χ4v) is 6.35. The van der Waals surface area contributed by atoms with Crippen molar-refractivity contribution in [3.05, 3.63) is 82.9 Å². The highest BCUT2D eigenvalue weighted by Crippen LogP contribution is 2.49. The third-order valence-electron chi connectivity index (χ3n) is 6.99. The highest BCUT2D eigenvalue weighted by Gasteiger charge is 2.38. The Hall–Kier alpha value is -4.15. The number of hydrogen-bond donors (Lipinski definition) is 1. The van der Waals surface area contributed by atoms with Crippen LogP contribution in [0.15, 0.2) is 66.7 Å². The molecule has 1 aromatic heterocycles. The fourth-order valence-electron chi connectivity index (χ4n) is 5.03. The van der Waals surface area contributed by atoms with Gasteiger partial charge in [-0.3, -0.25) is 14.5 Å². The summed E-state index contributed by atoms with van der Waals surface area (Å²) in [5.41, 5.74) is 3.88. The lowest BCUT2D eigenvalue weighted by atomic mass is 9.99. The molecule has 1 N–H and O–H groups in total. The third-order valence-corrected chi connectivity index (χ3v) is 8.49. The molecule has 1 aliphatic rings. The maximum absolute atomic E-state index is 13.9. The Morgan fingerprint density at radius 1 is 1.00 bits per heavy atom. The number of carbonyl (C=O) groups is 2. The predicted molar refractivity (Wildman–Crippen MR) is 170 cm³/mol. The summed E-state index contributed by atoms with van der Waals surface area (Å²) in [6, 6.07) is 20.5. The summed E-state index contributed by atoms with van der Waals surface area (Å²) in [6.45, 7) is 3.61. The van der Waals surface area contributed by atoms with Crippen LogP contribution in [-0.2, 0) is 9.59 Å². The van der Waals surface area contributed by atoms with Crippen molar-refractivity contribution in [2.24, 2.45) is 0 Å². The number of rotatable bonds is 9. The Bertz CT molecular complexity index is 1620. The molecule has 1 atom stereocenters. The molecule has 0 fully saturated rings. The smallest absolute Gasteiger partial charge is 0.240 e. The highest BCUT2D eigenvalue weighted by molar-refractivity contribution is 8.00. The van der Waals surface area contributed by atoms with E-state index in [1.807, 2.05) is 80.6 Å². The van der Waals surface area contributed by atoms with Crippen molar-refractivity contribution in [3.8, 4) is 34.2 Å². The summed E-state index contributed by atoms with van der Waals surface area (Å²) < 4.78 is 18.2. The van der Waals surface area contributed by atoms with Crippen LogP contribution >= 0.6 is 23.4 Å². The van der Waals surface area contributed by atoms with E-state index in [0.717, 1.165) is 16.7 Å². The second-order valence-electron chi connectivity index (χ2n) is 10.2. The molecule has 0 spiro atoms. The molecule has 224 valence electrons. The number of anilines is 1. The number of amides is 2. The average Bonchev–Trinajstić information content (AvgIpc) is 3.33. The molecular weight excluding hydrogens is 588 g/mol. The van der Waals surface area contributed by atoms with Gasteiger partial charge in [-0.25, -0.2) is 4.68 Å². The molecule has 9 nitrogen and oxygen atoms in total. The molecule has 0 radical (unpaired) electrons. The van der Waals surface area contributed by atoms with Gasteiger partial charge in [-0.1, -0.05) is 29.8 Å². The Morgan fingerprint density at radius 3 is 2.33 bits per heavy atom. The van der Waals surface area contributed by atoms with E-state index in [2.05, 4.69) is 5.32 Å². The van der Waals surface area contributed by atoms with Gasteiger partial charge in [0.1, 0.15) is 18.1 Å². The van der Waals surface area contributed by atoms with E-state index in [1.165, 1.54) is 16.7 Å². The molecule has 0 saturated carbocycles. The summed E-state index contributed by atoms with van der Waals surface area (Å²) in [4.78, 5) is 28.6. The maximum Gasteiger partial charge on any atom is 0.240 e. The average molecular weight is 621 g/mol. The van der Waals surface area contributed by atoms with Crippen LogP contribution in [0, 0.1) is 0 Å². The van der Waals surface area contributed by atoms with Gasteiger partial charge >= 0.3 is 0 Å². The lowest BCUT2D eigenvalue weighted by Gasteiger charge is -2.24. The molecule has 11 heteroatoms. The second kappa shape index (κ2) is 13.0. The first-order valence-corrected chi connectivity index (χ1v) is 15.1. The molecule has 2 heterocycles. The van der Waals surface area contributed by atoms with E-state index >= 15 is 0 Å². The molecule has 4 aromatic rings. The van der Waals surface area contributed by atoms with Crippen molar-refractivity contribution in [1.82, 2.24) is 15.1 Å². The first-order chi connectivity index (χ1) is 20.7. The molecule has 43 heavy (non-hydrogen) atoms. The largest absolute Gasteiger partial charge is 0.497 e. The lowest BCUT2D eigenvalue weighted by Crippen LogP contribution is -2.44. The van der Waals surface area contributed by atoms with Gasteiger partial charge < -0.3 is 19.5 Å². The van der Waals surface area contributed by atoms with Crippen LogP contribution in [0.4, 0.5) is 5.82 Å². The minimum atomic E-state index is -0.338. The van der Waals surface area contributed by atoms with Crippen LogP contribution in [0.5, 0.6) is 17.2 Å². The third kappa shape index (κ3) is 6.30. The lowest BCUT2D eigenvalue weighted by molar-refractivity contribution is -0.123. The van der Waals surface area contributed by atoms with Gasteiger partial charge in [0.25, 0.3) is 0 Å². The van der Waals surface area contributed by atoms with Crippen molar-refractivity contribution < 1.29 is 23.8 Å². The van der Waals surface area contributed by atoms with Crippen LogP contribution in [0.1, 0.15) is 30.2 Å². The number of carbonyl (C=O) groups excluding carboxylic acids is 2. The minimum absolute atomic E-state index is 0.0842. The number of halogens is 1. The number of methoxy groups -OCH3 is 3. The first kappa shape index (κ1) is 30.3. The minimum Gasteiger partial charge on any atom is -0.497 e. The summed E-state index contributed by atoms with van der Waals surface area (Å²) in [7, 11) is 4.78. The maximum atomic E-state index is 13.9. The Kier molecular flexibility index (Phi) is 9.17. The first-order valence-electron chi connectivity index (χ1n) is 13.7. The van der Waals surface area contributed by atoms with Crippen LogP contribution in [0.25, 0.3) is 16.9 Å². The number of aromatic nitrogens is 2. The van der Waals surface area contributed by atoms with Crippen molar-refractivity contribution in [1.29, 1.82) is 0 Å². The van der Waals surface area contributed by atoms with E-state index in [0.29, 0.717) is 39.5 Å². The molecule has 2 amide bonds. The SMILES string of the molecule is COc1ccc(-n2nc(-c3ccc(Cl)cc3)c3c2N(CC(=O)NC(C)C)C(=O)CSC3c2ccc(OC)c(OC)c2)cc1. The van der Waals surface area contributed by atoms with Gasteiger partial charge in [0.15, 0.2) is 11.5 Å². The van der Waals surface area contributed by atoms with Crippen molar-refractivity contribution in [2.75, 3.05) is 38.5 Å². The van der Waals surface area contributed by atoms with Crippen LogP contribution in [-0.4, -0.2) is 61.3 Å². The van der Waals surface area contributed by atoms with Gasteiger partial charge in [0, 0.05) is 22.2 Å². The zero-order valence-corrected chi connectivity index (χ0v) is 26.2. The number of thioether (sulfide) groups is 1. The zero-order valence-electron chi connectivity index (χ0n) is 24.6. The van der Waals surface area contributed by atoms with E-state index in [-0.39, 0.29) is 35.4 Å². The van der Waals surface area contributed by atoms with Crippen molar-refractivity contribution in [3.63, 3.8) is 0 Å². The molecule has 0 saturated heterocycles. The monoisotopic (exact) mass is 620 g/mol. The van der Waals surface area contributed by atoms with Gasteiger partial charge in [-0.2, -0.15) is 5.10 Å². The standard InChI is InChI=1S/C32H33ClN4O5S/c1-19(2)34-27(38)17-36-28(39)18-43-31(21-8-15-25(41-4)26(16-21)42-5)29-30(20-6-9-22(33)10-7-20)35-37(32(29)36)23-11-13-24(40-3)14-12-23/h6-16,19,31H,17-18H2,1-5H3,(H,34,38). The topological polar surface area (TPSA) is 94.9 Å². The number of hydrogen-bond acceptors (Lipinski definition) is 7. The van der Waals surface area contributed by atoms with E-state index in [4.69, 9.17) is 30.9 Å². The van der Waals surface area contributed by atoms with E-state index in [9.17, 15) is 9.59 Å². The van der Waals surface area contributed by atoms with Gasteiger partial charge in [-0.05, 0) is 67.9 Å². The Balaban J connectivity index is 1.80. The normalized spacial score (nSPS) is 14.7. The summed E-state index contributed by atoms with van der Waals surface area (Å²) in [5, 5.41) is 8.28. The van der Waals surface area contributed by atoms with Crippen LogP contribution < -0.4 is 24.4 Å². The van der Waals surface area contributed by atoms with Crippen molar-refractivity contribution in [2.45, 2.75) is 25.1 Å². The zero-order chi connectivity index (χ0) is 30.7. The van der Waals surface area contributed by atoms with Crippen molar-refractivity contribution >= 4 is 41.0 Å². The second-order valence-corrected chi connectivity index (χ2v) is 11.7. The molecule has 0 bridgehead atoms. The Morgan fingerprint density at radius 2 is 1.70 bits per heavy atom. The molecule has 0 aliphatic carbocycles. The molecular formula is C32H33ClN4O5S. The van der Waals surface area contributed by atoms with Gasteiger partial charge in [-0.15, -0.1) is 11.8 Å². The van der Waals surface area contributed by atoms with Crippen LogP contribution in [0.2, 0.25) is 5.02 Å². The fraction of sp³-hybridized carbons (Fsp3) is 0.281. The Labute approximate surface area is 260 Å². The number of fused-ring (bicyclic) bond motifs is 1. The van der Waals surface area contributed by atoms with E-state index in [1.54, 1.807) is 26.0 Å². The quantitative estimate of drug-likeness (QED) is 0.248. The molecule has 1 aliphatic heterocycles. The highest BCUT2D eigenvalue weighted by atomic mass is 35.5.